The van der Waals surface area contributed by atoms with Gasteiger partial charge in [-0.2, -0.15) is 0 Å². The second-order valence-electron chi connectivity index (χ2n) is 6.25. The number of carbonyl (C=O) groups excluding carboxylic acids is 2. The van der Waals surface area contributed by atoms with Gasteiger partial charge in [0.15, 0.2) is 5.60 Å². The highest BCUT2D eigenvalue weighted by Crippen LogP contribution is 2.50. The number of carbonyl (C=O) groups is 2. The van der Waals surface area contributed by atoms with E-state index < -0.39 is 11.7 Å². The summed E-state index contributed by atoms with van der Waals surface area (Å²) in [6.45, 7) is 8.59. The third kappa shape index (κ3) is 2.48. The molecule has 1 saturated heterocycles. The summed E-state index contributed by atoms with van der Waals surface area (Å²) in [5, 5.41) is 0. The van der Waals surface area contributed by atoms with E-state index in [-0.39, 0.29) is 23.6 Å². The largest absolute Gasteiger partial charge is 0.458 e. The number of rotatable bonds is 2. The fourth-order valence-electron chi connectivity index (χ4n) is 3.29. The van der Waals surface area contributed by atoms with Crippen LogP contribution in [0.4, 0.5) is 0 Å². The predicted molar refractivity (Wildman–Crippen MR) is 67.4 cm³/mol. The zero-order chi connectivity index (χ0) is 14.4. The van der Waals surface area contributed by atoms with Crippen molar-refractivity contribution in [2.75, 3.05) is 0 Å². The van der Waals surface area contributed by atoms with E-state index in [0.717, 1.165) is 6.42 Å². The quantitative estimate of drug-likeness (QED) is 0.716. The molecule has 0 aromatic heterocycles. The summed E-state index contributed by atoms with van der Waals surface area (Å²) < 4.78 is 16.9. The predicted octanol–water partition coefficient (Wildman–Crippen LogP) is 1.83. The standard InChI is InChI=1S/C14H22O5/c1-8(15)17-11-6-10-7-12(19-13(10,3)4)14(11,5)18-9(2)16/h10-12H,6-7H2,1-5H3/t10-,11-,12+,14-/m0/s1. The van der Waals surface area contributed by atoms with Crippen LogP contribution in [0.5, 0.6) is 0 Å². The van der Waals surface area contributed by atoms with Crippen LogP contribution >= 0.6 is 0 Å². The molecule has 1 aliphatic heterocycles. The molecule has 2 aliphatic rings. The summed E-state index contributed by atoms with van der Waals surface area (Å²) in [7, 11) is 0. The van der Waals surface area contributed by atoms with E-state index >= 15 is 0 Å². The molecule has 0 amide bonds. The van der Waals surface area contributed by atoms with Crippen molar-refractivity contribution >= 4 is 11.9 Å². The second-order valence-corrected chi connectivity index (χ2v) is 6.25. The zero-order valence-electron chi connectivity index (χ0n) is 12.2. The molecule has 2 fully saturated rings. The maximum Gasteiger partial charge on any atom is 0.303 e. The summed E-state index contributed by atoms with van der Waals surface area (Å²) in [6.07, 6.45) is 0.815. The molecule has 0 N–H and O–H groups in total. The van der Waals surface area contributed by atoms with Crippen molar-refractivity contribution in [3.8, 4) is 0 Å². The van der Waals surface area contributed by atoms with Gasteiger partial charge in [0.25, 0.3) is 0 Å². The van der Waals surface area contributed by atoms with Crippen molar-refractivity contribution in [2.24, 2.45) is 5.92 Å². The molecule has 19 heavy (non-hydrogen) atoms. The van der Waals surface area contributed by atoms with Gasteiger partial charge in [-0.3, -0.25) is 9.59 Å². The Morgan fingerprint density at radius 3 is 2.26 bits per heavy atom. The van der Waals surface area contributed by atoms with E-state index in [1.54, 1.807) is 6.92 Å². The minimum Gasteiger partial charge on any atom is -0.458 e. The van der Waals surface area contributed by atoms with E-state index in [2.05, 4.69) is 0 Å². The monoisotopic (exact) mass is 270 g/mol. The van der Waals surface area contributed by atoms with E-state index in [0.29, 0.717) is 12.3 Å². The molecule has 0 spiro atoms. The molecular weight excluding hydrogens is 248 g/mol. The van der Waals surface area contributed by atoms with Crippen LogP contribution in [-0.4, -0.2) is 35.3 Å². The molecule has 108 valence electrons. The Morgan fingerprint density at radius 1 is 1.11 bits per heavy atom. The fourth-order valence-corrected chi connectivity index (χ4v) is 3.29. The SMILES string of the molecule is CC(=O)O[C@H]1C[C@H]2C[C@@H](OC2(C)C)[C@@]1(C)OC(C)=O. The Kier molecular flexibility index (Phi) is 3.37. The summed E-state index contributed by atoms with van der Waals surface area (Å²) in [5.74, 6) is -0.431. The zero-order valence-corrected chi connectivity index (χ0v) is 12.2. The number of fused-ring (bicyclic) bond motifs is 2. The molecule has 1 aliphatic carbocycles. The Bertz CT molecular complexity index is 403. The molecule has 5 heteroatoms. The molecule has 0 aromatic rings. The van der Waals surface area contributed by atoms with Crippen molar-refractivity contribution in [2.45, 2.75) is 70.9 Å². The summed E-state index contributed by atoms with van der Waals surface area (Å²) in [6, 6.07) is 0. The molecule has 0 radical (unpaired) electrons. The maximum absolute atomic E-state index is 11.4. The molecule has 1 heterocycles. The van der Waals surface area contributed by atoms with Crippen LogP contribution < -0.4 is 0 Å². The molecule has 4 atom stereocenters. The van der Waals surface area contributed by atoms with Crippen LogP contribution in [-0.2, 0) is 23.8 Å². The highest BCUT2D eigenvalue weighted by atomic mass is 16.6. The van der Waals surface area contributed by atoms with Gasteiger partial charge in [-0.25, -0.2) is 0 Å². The van der Waals surface area contributed by atoms with Crippen molar-refractivity contribution in [3.63, 3.8) is 0 Å². The average Bonchev–Trinajstić information content (AvgIpc) is 2.48. The first-order chi connectivity index (χ1) is 8.65. The lowest BCUT2D eigenvalue weighted by atomic mass is 9.73. The lowest BCUT2D eigenvalue weighted by molar-refractivity contribution is -0.207. The number of hydrogen-bond acceptors (Lipinski definition) is 5. The van der Waals surface area contributed by atoms with E-state index in [9.17, 15) is 9.59 Å². The molecule has 0 unspecified atom stereocenters. The van der Waals surface area contributed by atoms with Gasteiger partial charge >= 0.3 is 11.9 Å². The third-order valence-corrected chi connectivity index (χ3v) is 4.38. The molecular formula is C14H22O5. The number of ether oxygens (including phenoxy) is 3. The number of hydrogen-bond donors (Lipinski definition) is 0. The number of esters is 2. The summed E-state index contributed by atoms with van der Waals surface area (Å²) in [4.78, 5) is 22.6. The van der Waals surface area contributed by atoms with Gasteiger partial charge in [0.05, 0.1) is 5.60 Å². The van der Waals surface area contributed by atoms with Crippen LogP contribution in [0.15, 0.2) is 0 Å². The summed E-state index contributed by atoms with van der Waals surface area (Å²) >= 11 is 0. The van der Waals surface area contributed by atoms with Gasteiger partial charge in [0.2, 0.25) is 0 Å². The van der Waals surface area contributed by atoms with Gasteiger partial charge in [-0.15, -0.1) is 0 Å². The molecule has 2 rings (SSSR count). The molecule has 5 nitrogen and oxygen atoms in total. The first kappa shape index (κ1) is 14.3. The minimum atomic E-state index is -0.901. The lowest BCUT2D eigenvalue weighted by Gasteiger charge is -2.42. The Labute approximate surface area is 113 Å². The van der Waals surface area contributed by atoms with Crippen LogP contribution in [0, 0.1) is 5.92 Å². The third-order valence-electron chi connectivity index (χ3n) is 4.38. The normalized spacial score (nSPS) is 39.7. The first-order valence-corrected chi connectivity index (χ1v) is 6.70. The van der Waals surface area contributed by atoms with E-state index in [1.165, 1.54) is 13.8 Å². The second kappa shape index (κ2) is 4.47. The van der Waals surface area contributed by atoms with E-state index in [1.807, 2.05) is 13.8 Å². The van der Waals surface area contributed by atoms with Crippen molar-refractivity contribution in [1.29, 1.82) is 0 Å². The minimum absolute atomic E-state index is 0.227. The van der Waals surface area contributed by atoms with Crippen molar-refractivity contribution in [1.82, 2.24) is 0 Å². The topological polar surface area (TPSA) is 61.8 Å². The highest BCUT2D eigenvalue weighted by Gasteiger charge is 2.60. The summed E-state index contributed by atoms with van der Waals surface area (Å²) in [5.41, 5.74) is -1.18. The highest BCUT2D eigenvalue weighted by molar-refractivity contribution is 5.68. The Morgan fingerprint density at radius 2 is 1.74 bits per heavy atom. The van der Waals surface area contributed by atoms with Crippen molar-refractivity contribution in [3.05, 3.63) is 0 Å². The molecule has 1 saturated carbocycles. The lowest BCUT2D eigenvalue weighted by Crippen LogP contribution is -2.56. The van der Waals surface area contributed by atoms with Gasteiger partial charge in [-0.1, -0.05) is 0 Å². The molecule has 2 bridgehead atoms. The van der Waals surface area contributed by atoms with Gasteiger partial charge in [0, 0.05) is 13.8 Å². The molecule has 0 aromatic carbocycles. The van der Waals surface area contributed by atoms with E-state index in [4.69, 9.17) is 14.2 Å². The Balaban J connectivity index is 2.30. The van der Waals surface area contributed by atoms with Crippen LogP contribution in [0.3, 0.4) is 0 Å². The van der Waals surface area contributed by atoms with Gasteiger partial charge < -0.3 is 14.2 Å². The smallest absolute Gasteiger partial charge is 0.303 e. The van der Waals surface area contributed by atoms with Crippen LogP contribution in [0.2, 0.25) is 0 Å². The van der Waals surface area contributed by atoms with Gasteiger partial charge in [0.1, 0.15) is 12.2 Å². The van der Waals surface area contributed by atoms with Crippen LogP contribution in [0.1, 0.15) is 47.5 Å². The van der Waals surface area contributed by atoms with Crippen LogP contribution in [0.25, 0.3) is 0 Å². The fraction of sp³-hybridized carbons (Fsp3) is 0.857. The maximum atomic E-state index is 11.4. The van der Waals surface area contributed by atoms with Crippen molar-refractivity contribution < 1.29 is 23.8 Å². The Hall–Kier alpha value is -1.10. The average molecular weight is 270 g/mol. The first-order valence-electron chi connectivity index (χ1n) is 6.70. The van der Waals surface area contributed by atoms with Gasteiger partial charge in [-0.05, 0) is 39.5 Å².